The van der Waals surface area contributed by atoms with E-state index in [1.807, 2.05) is 36.4 Å². The smallest absolute Gasteiger partial charge is 0.310 e. The third-order valence-electron chi connectivity index (χ3n) is 14.1. The van der Waals surface area contributed by atoms with Crippen molar-refractivity contribution in [1.82, 2.24) is 10.2 Å². The topological polar surface area (TPSA) is 103 Å². The number of rotatable bonds is 9. The van der Waals surface area contributed by atoms with E-state index in [1.54, 1.807) is 0 Å². The highest BCUT2D eigenvalue weighted by Crippen LogP contribution is 2.41. The van der Waals surface area contributed by atoms with Gasteiger partial charge in [0.05, 0.1) is 38.3 Å². The molecule has 342 valence electrons. The van der Waals surface area contributed by atoms with E-state index in [1.165, 1.54) is 56.2 Å². The molecule has 8 rings (SSSR count). The summed E-state index contributed by atoms with van der Waals surface area (Å²) < 4.78 is 22.3. The summed E-state index contributed by atoms with van der Waals surface area (Å²) in [5.41, 5.74) is 2.78. The molecule has 0 radical (unpaired) electrons. The second kappa shape index (κ2) is 21.9. The molecule has 4 fully saturated rings. The van der Waals surface area contributed by atoms with Gasteiger partial charge in [0, 0.05) is 36.0 Å². The van der Waals surface area contributed by atoms with Gasteiger partial charge >= 0.3 is 11.9 Å². The Morgan fingerprint density at radius 2 is 1.17 bits per heavy atom. The van der Waals surface area contributed by atoms with Gasteiger partial charge in [-0.15, -0.1) is 0 Å². The minimum atomic E-state index is -0.0839. The van der Waals surface area contributed by atoms with Crippen molar-refractivity contribution < 1.29 is 33.3 Å². The average molecular weight is 863 g/mol. The molecule has 0 bridgehead atoms. The van der Waals surface area contributed by atoms with Crippen molar-refractivity contribution in [2.24, 2.45) is 34.5 Å². The van der Waals surface area contributed by atoms with Crippen molar-refractivity contribution in [2.45, 2.75) is 125 Å². The first-order valence-corrected chi connectivity index (χ1v) is 23.6. The highest BCUT2D eigenvalue weighted by atomic mass is 16.5. The van der Waals surface area contributed by atoms with Crippen molar-refractivity contribution in [3.63, 3.8) is 0 Å². The molecule has 0 aromatic heterocycles. The van der Waals surface area contributed by atoms with E-state index in [-0.39, 0.29) is 23.8 Å². The third kappa shape index (κ3) is 13.3. The number of aldehydes is 1. The fourth-order valence-corrected chi connectivity index (χ4v) is 10.0. The van der Waals surface area contributed by atoms with Gasteiger partial charge in [0.25, 0.3) is 0 Å². The first-order chi connectivity index (χ1) is 30.1. The molecule has 0 amide bonds. The summed E-state index contributed by atoms with van der Waals surface area (Å²) in [6.07, 6.45) is 12.9. The lowest BCUT2D eigenvalue weighted by Crippen LogP contribution is -2.30. The highest BCUT2D eigenvalue weighted by molar-refractivity contribution is 5.93. The summed E-state index contributed by atoms with van der Waals surface area (Å²) in [6, 6.07) is 24.9. The van der Waals surface area contributed by atoms with Crippen molar-refractivity contribution in [3.8, 4) is 11.5 Å². The molecule has 1 N–H and O–H groups in total. The number of hydrogen-bond donors (Lipinski definition) is 1. The average Bonchev–Trinajstić information content (AvgIpc) is 4.00. The maximum atomic E-state index is 11.8. The number of fused-ring (bicyclic) bond motifs is 2. The Hall–Kier alpha value is -4.47. The lowest BCUT2D eigenvalue weighted by atomic mass is 9.72. The van der Waals surface area contributed by atoms with Gasteiger partial charge < -0.3 is 24.3 Å². The van der Waals surface area contributed by atoms with Crippen LogP contribution in [0, 0.1) is 34.5 Å². The van der Waals surface area contributed by atoms with Crippen LogP contribution in [0.3, 0.4) is 0 Å². The Labute approximate surface area is 376 Å². The van der Waals surface area contributed by atoms with Gasteiger partial charge in [0.1, 0.15) is 17.8 Å². The number of carbonyl (C=O) groups excluding carboxylic acids is 3. The molecule has 4 aromatic rings. The number of nitrogens with one attached hydrogen (secondary N) is 1. The quantitative estimate of drug-likeness (QED) is 0.130. The molecule has 4 aliphatic rings. The Balaban J connectivity index is 0.000000180. The van der Waals surface area contributed by atoms with Crippen LogP contribution in [0.2, 0.25) is 0 Å². The predicted molar refractivity (Wildman–Crippen MR) is 253 cm³/mol. The summed E-state index contributed by atoms with van der Waals surface area (Å²) in [4.78, 5) is 35.8. The summed E-state index contributed by atoms with van der Waals surface area (Å²) in [6.45, 7) is 18.4. The normalized spacial score (nSPS) is 24.1. The molecule has 2 saturated carbocycles. The van der Waals surface area contributed by atoms with Crippen molar-refractivity contribution in [2.75, 3.05) is 40.4 Å². The van der Waals surface area contributed by atoms with Gasteiger partial charge in [-0.1, -0.05) is 84.0 Å². The fourth-order valence-electron chi connectivity index (χ4n) is 10.0. The summed E-state index contributed by atoms with van der Waals surface area (Å²) >= 11 is 0. The monoisotopic (exact) mass is 863 g/mol. The van der Waals surface area contributed by atoms with Gasteiger partial charge in [0.15, 0.2) is 0 Å². The summed E-state index contributed by atoms with van der Waals surface area (Å²) in [7, 11) is 2.91. The van der Waals surface area contributed by atoms with Crippen LogP contribution in [0.25, 0.3) is 21.5 Å². The van der Waals surface area contributed by atoms with Crippen LogP contribution >= 0.6 is 0 Å². The number of hydrogen-bond acceptors (Lipinski definition) is 9. The van der Waals surface area contributed by atoms with Crippen LogP contribution < -0.4 is 14.8 Å². The maximum Gasteiger partial charge on any atom is 0.310 e. The SMILES string of the molecule is CC(C)(C)C1CCC(Oc2cccc3cc(C=O)ccc23)CC1.COC(=O)C1CCN(Cc2ccc3c(OC4CCC(C(C)(C)C)CC4)cccc3c2)C1.COC(=O)C1CCNC1. The first-order valence-electron chi connectivity index (χ1n) is 23.6. The Morgan fingerprint density at radius 1 is 0.651 bits per heavy atom. The standard InChI is InChI=1S/C27H37NO3.C21H26O2.C6H11NO2/c1-27(2,3)22-9-11-23(12-10-22)31-25-7-5-6-20-16-19(8-13-24(20)25)17-28-15-14-21(18-28)26(29)30-4;1-21(2,3)17-8-10-18(11-9-17)23-20-6-4-5-16-13-15(14-22)7-12-19(16)20;1-9-6(8)5-2-3-7-4-5/h5-8,13,16,21-23H,9-12,14-15,17-18H2,1-4H3;4-7,12-14,17-18H,8-11H2,1-3H3;5,7H,2-4H2,1H3. The molecule has 2 heterocycles. The Kier molecular flexibility index (Phi) is 16.7. The van der Waals surface area contributed by atoms with Crippen LogP contribution in [0.1, 0.15) is 122 Å². The largest absolute Gasteiger partial charge is 0.490 e. The highest BCUT2D eigenvalue weighted by Gasteiger charge is 2.32. The third-order valence-corrected chi connectivity index (χ3v) is 14.1. The second-order valence-corrected chi connectivity index (χ2v) is 20.5. The van der Waals surface area contributed by atoms with Crippen LogP contribution in [0.4, 0.5) is 0 Å². The van der Waals surface area contributed by atoms with E-state index >= 15 is 0 Å². The van der Waals surface area contributed by atoms with Crippen LogP contribution in [0.5, 0.6) is 11.5 Å². The molecule has 0 spiro atoms. The predicted octanol–water partition coefficient (Wildman–Crippen LogP) is 11.2. The number of benzene rings is 4. The first kappa shape index (κ1) is 48.0. The molecule has 4 aromatic carbocycles. The molecular weight excluding hydrogens is 789 g/mol. The van der Waals surface area contributed by atoms with Gasteiger partial charge in [0.2, 0.25) is 0 Å². The minimum Gasteiger partial charge on any atom is -0.490 e. The van der Waals surface area contributed by atoms with Crippen LogP contribution in [-0.2, 0) is 25.6 Å². The van der Waals surface area contributed by atoms with Crippen molar-refractivity contribution in [3.05, 3.63) is 83.9 Å². The van der Waals surface area contributed by atoms with E-state index in [0.29, 0.717) is 28.6 Å². The summed E-state index contributed by atoms with van der Waals surface area (Å²) in [5.74, 6) is 3.50. The van der Waals surface area contributed by atoms with Gasteiger partial charge in [-0.3, -0.25) is 19.3 Å². The molecule has 63 heavy (non-hydrogen) atoms. The maximum absolute atomic E-state index is 11.8. The lowest BCUT2D eigenvalue weighted by molar-refractivity contribution is -0.145. The van der Waals surface area contributed by atoms with Crippen molar-refractivity contribution in [1.29, 1.82) is 0 Å². The Bertz CT molecular complexity index is 2110. The van der Waals surface area contributed by atoms with Crippen molar-refractivity contribution >= 4 is 39.8 Å². The number of methoxy groups -OCH3 is 2. The van der Waals surface area contributed by atoms with Crippen LogP contribution in [0.15, 0.2) is 72.8 Å². The van der Waals surface area contributed by atoms with E-state index in [4.69, 9.17) is 14.2 Å². The molecule has 2 aliphatic heterocycles. The molecule has 9 nitrogen and oxygen atoms in total. The zero-order valence-electron chi connectivity index (χ0n) is 39.4. The van der Waals surface area contributed by atoms with E-state index in [9.17, 15) is 14.4 Å². The zero-order valence-corrected chi connectivity index (χ0v) is 39.4. The van der Waals surface area contributed by atoms with Gasteiger partial charge in [-0.05, 0) is 147 Å². The molecule has 2 aliphatic carbocycles. The molecule has 9 heteroatoms. The van der Waals surface area contributed by atoms with E-state index in [2.05, 4.69) is 92.9 Å². The lowest BCUT2D eigenvalue weighted by Gasteiger charge is -2.37. The number of carbonyl (C=O) groups is 3. The number of esters is 2. The minimum absolute atomic E-state index is 0.0128. The van der Waals surface area contributed by atoms with Gasteiger partial charge in [-0.2, -0.15) is 0 Å². The number of nitrogens with zero attached hydrogens (tertiary/aromatic N) is 1. The second-order valence-electron chi connectivity index (χ2n) is 20.5. The van der Waals surface area contributed by atoms with E-state index in [0.717, 1.165) is 112 Å². The van der Waals surface area contributed by atoms with E-state index < -0.39 is 0 Å². The van der Waals surface area contributed by atoms with Crippen LogP contribution in [-0.4, -0.2) is 75.7 Å². The number of ether oxygens (including phenoxy) is 4. The Morgan fingerprint density at radius 3 is 1.67 bits per heavy atom. The van der Waals surface area contributed by atoms with Gasteiger partial charge in [-0.25, -0.2) is 0 Å². The molecule has 2 saturated heterocycles. The molecule has 2 atom stereocenters. The number of likely N-dealkylation sites (tertiary alicyclic amines) is 1. The molecule has 2 unspecified atom stereocenters. The summed E-state index contributed by atoms with van der Waals surface area (Å²) in [5, 5.41) is 7.66. The molecular formula is C54H74N2O7. The fraction of sp³-hybridized carbons (Fsp3) is 0.574. The zero-order chi connectivity index (χ0) is 45.1.